The molecule has 0 spiro atoms. The Morgan fingerprint density at radius 1 is 1.32 bits per heavy atom. The zero-order valence-corrected chi connectivity index (χ0v) is 12.1. The van der Waals surface area contributed by atoms with Crippen molar-refractivity contribution in [3.8, 4) is 17.6 Å². The van der Waals surface area contributed by atoms with E-state index >= 15 is 0 Å². The van der Waals surface area contributed by atoms with E-state index in [2.05, 4.69) is 27.3 Å². The minimum atomic E-state index is -0.297. The third-order valence-electron chi connectivity index (χ3n) is 3.67. The van der Waals surface area contributed by atoms with Crippen LogP contribution < -0.4 is 14.8 Å². The predicted molar refractivity (Wildman–Crippen MR) is 74.0 cm³/mol. The maximum atomic E-state index is 9.38. The Bertz CT molecular complexity index is 521. The van der Waals surface area contributed by atoms with Crippen LogP contribution in [0.15, 0.2) is 16.6 Å². The third kappa shape index (κ3) is 2.56. The molecule has 0 aromatic heterocycles. The van der Waals surface area contributed by atoms with Crippen LogP contribution in [0.2, 0.25) is 0 Å². The standard InChI is InChI=1S/C14H15BrN2O2/c15-11-5-9(6-13-14(11)19-8-18-13)12(7-16)17-10-3-1-2-4-10/h5-6,10,12,17H,1-4,8H2. The monoisotopic (exact) mass is 322 g/mol. The molecule has 1 heterocycles. The summed E-state index contributed by atoms with van der Waals surface area (Å²) in [6, 6.07) is 6.32. The van der Waals surface area contributed by atoms with Gasteiger partial charge in [-0.3, -0.25) is 5.32 Å². The summed E-state index contributed by atoms with van der Waals surface area (Å²) in [4.78, 5) is 0. The lowest BCUT2D eigenvalue weighted by Crippen LogP contribution is -2.29. The summed E-state index contributed by atoms with van der Waals surface area (Å²) in [5, 5.41) is 12.8. The zero-order valence-electron chi connectivity index (χ0n) is 10.5. The van der Waals surface area contributed by atoms with Crippen molar-refractivity contribution in [1.82, 2.24) is 5.32 Å². The highest BCUT2D eigenvalue weighted by Gasteiger charge is 2.24. The Hall–Kier alpha value is -1.25. The third-order valence-corrected chi connectivity index (χ3v) is 4.26. The average Bonchev–Trinajstić information content (AvgIpc) is 3.06. The van der Waals surface area contributed by atoms with Crippen molar-refractivity contribution >= 4 is 15.9 Å². The highest BCUT2D eigenvalue weighted by Crippen LogP contribution is 2.41. The van der Waals surface area contributed by atoms with E-state index in [0.29, 0.717) is 11.8 Å². The van der Waals surface area contributed by atoms with E-state index in [0.717, 1.165) is 28.6 Å². The molecule has 5 heteroatoms. The largest absolute Gasteiger partial charge is 0.454 e. The first-order valence-corrected chi connectivity index (χ1v) is 7.32. The van der Waals surface area contributed by atoms with E-state index < -0.39 is 0 Å². The first kappa shape index (κ1) is 12.8. The van der Waals surface area contributed by atoms with Gasteiger partial charge in [-0.1, -0.05) is 12.8 Å². The van der Waals surface area contributed by atoms with Crippen molar-refractivity contribution in [3.63, 3.8) is 0 Å². The van der Waals surface area contributed by atoms with Gasteiger partial charge in [0.2, 0.25) is 6.79 Å². The fraction of sp³-hybridized carbons (Fsp3) is 0.500. The lowest BCUT2D eigenvalue weighted by atomic mass is 10.1. The van der Waals surface area contributed by atoms with Crippen LogP contribution in [0.25, 0.3) is 0 Å². The number of hydrogen-bond donors (Lipinski definition) is 1. The van der Waals surface area contributed by atoms with E-state index in [1.54, 1.807) is 0 Å². The van der Waals surface area contributed by atoms with Crippen LogP contribution in [0.4, 0.5) is 0 Å². The first-order valence-electron chi connectivity index (χ1n) is 6.52. The molecule has 100 valence electrons. The van der Waals surface area contributed by atoms with Crippen molar-refractivity contribution < 1.29 is 9.47 Å². The topological polar surface area (TPSA) is 54.3 Å². The van der Waals surface area contributed by atoms with Gasteiger partial charge >= 0.3 is 0 Å². The summed E-state index contributed by atoms with van der Waals surface area (Å²) >= 11 is 3.47. The molecule has 1 unspecified atom stereocenters. The smallest absolute Gasteiger partial charge is 0.231 e. The van der Waals surface area contributed by atoms with Gasteiger partial charge in [0, 0.05) is 6.04 Å². The Morgan fingerprint density at radius 3 is 2.84 bits per heavy atom. The molecule has 0 saturated heterocycles. The summed E-state index contributed by atoms with van der Waals surface area (Å²) in [6.45, 7) is 0.241. The molecule has 1 atom stereocenters. The van der Waals surface area contributed by atoms with Gasteiger partial charge in [-0.25, -0.2) is 0 Å². The molecule has 3 rings (SSSR count). The van der Waals surface area contributed by atoms with Crippen LogP contribution in [0.3, 0.4) is 0 Å². The van der Waals surface area contributed by atoms with Gasteiger partial charge in [0.1, 0.15) is 6.04 Å². The van der Waals surface area contributed by atoms with Crippen molar-refractivity contribution in [3.05, 3.63) is 22.2 Å². The van der Waals surface area contributed by atoms with Crippen molar-refractivity contribution in [2.45, 2.75) is 37.8 Å². The SMILES string of the molecule is N#CC(NC1CCCC1)c1cc(Br)c2c(c1)OCO2. The van der Waals surface area contributed by atoms with E-state index in [-0.39, 0.29) is 12.8 Å². The molecule has 19 heavy (non-hydrogen) atoms. The second-order valence-electron chi connectivity index (χ2n) is 4.95. The van der Waals surface area contributed by atoms with Gasteiger partial charge in [-0.2, -0.15) is 5.26 Å². The highest BCUT2D eigenvalue weighted by atomic mass is 79.9. The molecule has 1 aromatic carbocycles. The molecule has 1 N–H and O–H groups in total. The number of benzene rings is 1. The minimum Gasteiger partial charge on any atom is -0.454 e. The van der Waals surface area contributed by atoms with E-state index in [1.165, 1.54) is 12.8 Å². The normalized spacial score (nSPS) is 19.4. The van der Waals surface area contributed by atoms with Crippen LogP contribution in [-0.2, 0) is 0 Å². The number of rotatable bonds is 3. The van der Waals surface area contributed by atoms with E-state index in [9.17, 15) is 5.26 Å². The van der Waals surface area contributed by atoms with Gasteiger partial charge in [0.15, 0.2) is 11.5 Å². The molecule has 0 radical (unpaired) electrons. The average molecular weight is 323 g/mol. The number of hydrogen-bond acceptors (Lipinski definition) is 4. The summed E-state index contributed by atoms with van der Waals surface area (Å²) in [6.07, 6.45) is 4.81. The number of nitriles is 1. The zero-order chi connectivity index (χ0) is 13.2. The Labute approximate surface area is 120 Å². The second-order valence-corrected chi connectivity index (χ2v) is 5.80. The predicted octanol–water partition coefficient (Wildman–Crippen LogP) is 3.27. The first-order chi connectivity index (χ1) is 9.28. The molecule has 1 aliphatic carbocycles. The molecular weight excluding hydrogens is 308 g/mol. The lowest BCUT2D eigenvalue weighted by molar-refractivity contribution is 0.173. The second kappa shape index (κ2) is 5.40. The van der Waals surface area contributed by atoms with Gasteiger partial charge in [0.05, 0.1) is 10.5 Å². The van der Waals surface area contributed by atoms with Gasteiger partial charge in [0.25, 0.3) is 0 Å². The molecule has 0 amide bonds. The van der Waals surface area contributed by atoms with Crippen molar-refractivity contribution in [1.29, 1.82) is 5.26 Å². The molecule has 0 bridgehead atoms. The lowest BCUT2D eigenvalue weighted by Gasteiger charge is -2.18. The van der Waals surface area contributed by atoms with E-state index in [1.807, 2.05) is 12.1 Å². The van der Waals surface area contributed by atoms with Crippen LogP contribution in [0, 0.1) is 11.3 Å². The van der Waals surface area contributed by atoms with E-state index in [4.69, 9.17) is 9.47 Å². The summed E-state index contributed by atoms with van der Waals surface area (Å²) in [5.41, 5.74) is 0.922. The maximum Gasteiger partial charge on any atom is 0.231 e. The number of nitrogens with zero attached hydrogens (tertiary/aromatic N) is 1. The number of ether oxygens (including phenoxy) is 2. The van der Waals surface area contributed by atoms with Crippen LogP contribution >= 0.6 is 15.9 Å². The van der Waals surface area contributed by atoms with Crippen LogP contribution in [-0.4, -0.2) is 12.8 Å². The fourth-order valence-corrected chi connectivity index (χ4v) is 3.26. The summed E-state index contributed by atoms with van der Waals surface area (Å²) < 4.78 is 11.6. The number of fused-ring (bicyclic) bond motifs is 1. The summed E-state index contributed by atoms with van der Waals surface area (Å²) in [7, 11) is 0. The highest BCUT2D eigenvalue weighted by molar-refractivity contribution is 9.10. The van der Waals surface area contributed by atoms with Crippen LogP contribution in [0.5, 0.6) is 11.5 Å². The number of halogens is 1. The Kier molecular flexibility index (Phi) is 3.63. The summed E-state index contributed by atoms with van der Waals surface area (Å²) in [5.74, 6) is 1.43. The Morgan fingerprint density at radius 2 is 2.11 bits per heavy atom. The fourth-order valence-electron chi connectivity index (χ4n) is 2.69. The molecule has 4 nitrogen and oxygen atoms in total. The number of nitrogens with one attached hydrogen (secondary N) is 1. The molecule has 1 saturated carbocycles. The van der Waals surface area contributed by atoms with Crippen LogP contribution in [0.1, 0.15) is 37.3 Å². The molecule has 1 aliphatic heterocycles. The molecular formula is C14H15BrN2O2. The quantitative estimate of drug-likeness (QED) is 0.927. The maximum absolute atomic E-state index is 9.38. The Balaban J connectivity index is 1.83. The van der Waals surface area contributed by atoms with Crippen molar-refractivity contribution in [2.75, 3.05) is 6.79 Å². The van der Waals surface area contributed by atoms with Gasteiger partial charge in [-0.05, 0) is 46.5 Å². The molecule has 1 aromatic rings. The van der Waals surface area contributed by atoms with Gasteiger partial charge in [-0.15, -0.1) is 0 Å². The minimum absolute atomic E-state index is 0.241. The van der Waals surface area contributed by atoms with Crippen molar-refractivity contribution in [2.24, 2.45) is 0 Å². The molecule has 2 aliphatic rings. The van der Waals surface area contributed by atoms with Gasteiger partial charge < -0.3 is 9.47 Å². The molecule has 1 fully saturated rings.